The summed E-state index contributed by atoms with van der Waals surface area (Å²) in [5.41, 5.74) is 2.58. The first-order valence-corrected chi connectivity index (χ1v) is 5.60. The summed E-state index contributed by atoms with van der Waals surface area (Å²) in [4.78, 5) is 0. The Labute approximate surface area is 94.3 Å². The van der Waals surface area contributed by atoms with Crippen LogP contribution in [-0.2, 0) is 0 Å². The maximum absolute atomic E-state index is 3.85. The number of hydrogen-bond acceptors (Lipinski definition) is 1. The van der Waals surface area contributed by atoms with Gasteiger partial charge in [0.05, 0.1) is 6.04 Å². The first-order chi connectivity index (χ1) is 6.69. The minimum atomic E-state index is 0.257. The number of likely N-dealkylation sites (N-methyl/N-ethyl adjacent to an activating group) is 1. The molecule has 0 bridgehead atoms. The van der Waals surface area contributed by atoms with E-state index in [1.54, 1.807) is 0 Å². The van der Waals surface area contributed by atoms with Gasteiger partial charge in [-0.25, -0.2) is 0 Å². The molecule has 0 aromatic heterocycles. The molecule has 14 heavy (non-hydrogen) atoms. The van der Waals surface area contributed by atoms with Crippen LogP contribution < -0.4 is 5.32 Å². The lowest BCUT2D eigenvalue weighted by Crippen LogP contribution is -2.19. The molecule has 0 aliphatic rings. The highest BCUT2D eigenvalue weighted by atomic mass is 79.9. The second kappa shape index (κ2) is 5.32. The van der Waals surface area contributed by atoms with E-state index in [0.717, 1.165) is 11.0 Å². The van der Waals surface area contributed by atoms with E-state index < -0.39 is 0 Å². The molecule has 1 rings (SSSR count). The number of benzene rings is 1. The topological polar surface area (TPSA) is 12.0 Å². The van der Waals surface area contributed by atoms with E-state index in [-0.39, 0.29) is 6.04 Å². The molecule has 0 spiro atoms. The third-order valence-electron chi connectivity index (χ3n) is 2.23. The van der Waals surface area contributed by atoms with Crippen LogP contribution in [0.25, 0.3) is 0 Å². The Hall–Kier alpha value is -0.600. The van der Waals surface area contributed by atoms with E-state index in [2.05, 4.69) is 59.9 Å². The van der Waals surface area contributed by atoms with Crippen LogP contribution in [0.5, 0.6) is 0 Å². The fourth-order valence-electron chi connectivity index (χ4n) is 1.53. The summed E-state index contributed by atoms with van der Waals surface area (Å²) in [6, 6.07) is 6.58. The second-order valence-corrected chi connectivity index (χ2v) is 4.19. The van der Waals surface area contributed by atoms with Gasteiger partial charge < -0.3 is 5.32 Å². The van der Waals surface area contributed by atoms with Gasteiger partial charge in [-0.1, -0.05) is 35.0 Å². The molecule has 0 saturated carbocycles. The molecule has 0 heterocycles. The van der Waals surface area contributed by atoms with Crippen molar-refractivity contribution in [3.05, 3.63) is 46.5 Å². The molecule has 0 amide bonds. The highest BCUT2D eigenvalue weighted by molar-refractivity contribution is 9.10. The summed E-state index contributed by atoms with van der Waals surface area (Å²) in [6.45, 7) is 9.02. The molecule has 0 fully saturated rings. The van der Waals surface area contributed by atoms with Gasteiger partial charge in [0, 0.05) is 4.47 Å². The first kappa shape index (κ1) is 11.5. The lowest BCUT2D eigenvalue weighted by Gasteiger charge is -2.16. The molecular weight excluding hydrogens is 238 g/mol. The quantitative estimate of drug-likeness (QED) is 0.809. The largest absolute Gasteiger partial charge is 0.307 e. The average molecular weight is 254 g/mol. The van der Waals surface area contributed by atoms with E-state index in [9.17, 15) is 0 Å². The highest BCUT2D eigenvalue weighted by Gasteiger charge is 2.08. The van der Waals surface area contributed by atoms with E-state index in [1.165, 1.54) is 11.1 Å². The minimum Gasteiger partial charge on any atom is -0.307 e. The fraction of sp³-hybridized carbons (Fsp3) is 0.333. The lowest BCUT2D eigenvalue weighted by molar-refractivity contribution is 0.646. The van der Waals surface area contributed by atoms with Gasteiger partial charge in [-0.15, -0.1) is 6.58 Å². The van der Waals surface area contributed by atoms with Crippen molar-refractivity contribution in [3.8, 4) is 0 Å². The molecule has 1 atom stereocenters. The summed E-state index contributed by atoms with van der Waals surface area (Å²) in [6.07, 6.45) is 1.94. The molecule has 0 saturated heterocycles. The van der Waals surface area contributed by atoms with Crippen LogP contribution in [0.15, 0.2) is 35.3 Å². The Morgan fingerprint density at radius 2 is 2.29 bits per heavy atom. The van der Waals surface area contributed by atoms with Crippen LogP contribution >= 0.6 is 15.9 Å². The summed E-state index contributed by atoms with van der Waals surface area (Å²) < 4.78 is 1.12. The van der Waals surface area contributed by atoms with Crippen molar-refractivity contribution >= 4 is 15.9 Å². The summed E-state index contributed by atoms with van der Waals surface area (Å²) in [7, 11) is 0. The standard InChI is InChI=1S/C12H16BrN/c1-4-12(14-5-2)11-7-6-10(13)8-9(11)3/h4,6-8,12,14H,1,5H2,2-3H3. The van der Waals surface area contributed by atoms with Crippen LogP contribution in [0.1, 0.15) is 24.1 Å². The maximum Gasteiger partial charge on any atom is 0.0506 e. The first-order valence-electron chi connectivity index (χ1n) is 4.81. The summed E-state index contributed by atoms with van der Waals surface area (Å²) in [5.74, 6) is 0. The summed E-state index contributed by atoms with van der Waals surface area (Å²) in [5, 5.41) is 3.38. The van der Waals surface area contributed by atoms with Gasteiger partial charge in [-0.3, -0.25) is 0 Å². The van der Waals surface area contributed by atoms with Gasteiger partial charge in [-0.05, 0) is 36.7 Å². The van der Waals surface area contributed by atoms with Crippen molar-refractivity contribution in [1.29, 1.82) is 0 Å². The molecule has 0 radical (unpaired) electrons. The average Bonchev–Trinajstić information content (AvgIpc) is 2.15. The van der Waals surface area contributed by atoms with E-state index in [4.69, 9.17) is 0 Å². The van der Waals surface area contributed by atoms with Crippen molar-refractivity contribution in [2.45, 2.75) is 19.9 Å². The fourth-order valence-corrected chi connectivity index (χ4v) is 2.00. The maximum atomic E-state index is 3.85. The molecular formula is C12H16BrN. The zero-order chi connectivity index (χ0) is 10.6. The Morgan fingerprint density at radius 3 is 2.79 bits per heavy atom. The number of halogens is 1. The van der Waals surface area contributed by atoms with Crippen LogP contribution in [0.3, 0.4) is 0 Å². The van der Waals surface area contributed by atoms with E-state index >= 15 is 0 Å². The van der Waals surface area contributed by atoms with Crippen LogP contribution in [0.4, 0.5) is 0 Å². The normalized spacial score (nSPS) is 12.5. The Morgan fingerprint density at radius 1 is 1.57 bits per heavy atom. The Kier molecular flexibility index (Phi) is 4.36. The second-order valence-electron chi connectivity index (χ2n) is 3.27. The van der Waals surface area contributed by atoms with Gasteiger partial charge in [0.25, 0.3) is 0 Å². The molecule has 2 heteroatoms. The third kappa shape index (κ3) is 2.69. The van der Waals surface area contributed by atoms with Gasteiger partial charge in [0.1, 0.15) is 0 Å². The number of rotatable bonds is 4. The van der Waals surface area contributed by atoms with Crippen molar-refractivity contribution in [2.75, 3.05) is 6.54 Å². The molecule has 1 aromatic carbocycles. The lowest BCUT2D eigenvalue weighted by atomic mass is 10.0. The van der Waals surface area contributed by atoms with Crippen LogP contribution in [0.2, 0.25) is 0 Å². The van der Waals surface area contributed by atoms with Gasteiger partial charge >= 0.3 is 0 Å². The monoisotopic (exact) mass is 253 g/mol. The van der Waals surface area contributed by atoms with Crippen molar-refractivity contribution in [3.63, 3.8) is 0 Å². The van der Waals surface area contributed by atoms with Crippen LogP contribution in [-0.4, -0.2) is 6.54 Å². The predicted molar refractivity (Wildman–Crippen MR) is 65.5 cm³/mol. The molecule has 1 N–H and O–H groups in total. The Bertz CT molecular complexity index is 320. The van der Waals surface area contributed by atoms with Crippen molar-refractivity contribution in [2.24, 2.45) is 0 Å². The minimum absolute atomic E-state index is 0.257. The van der Waals surface area contributed by atoms with Gasteiger partial charge in [0.2, 0.25) is 0 Å². The van der Waals surface area contributed by atoms with E-state index in [0.29, 0.717) is 0 Å². The third-order valence-corrected chi connectivity index (χ3v) is 2.72. The SMILES string of the molecule is C=CC(NCC)c1ccc(Br)cc1C. The highest BCUT2D eigenvalue weighted by Crippen LogP contribution is 2.22. The zero-order valence-electron chi connectivity index (χ0n) is 8.68. The van der Waals surface area contributed by atoms with Gasteiger partial charge in [0.15, 0.2) is 0 Å². The van der Waals surface area contributed by atoms with Crippen molar-refractivity contribution in [1.82, 2.24) is 5.32 Å². The molecule has 76 valence electrons. The molecule has 1 nitrogen and oxygen atoms in total. The molecule has 1 unspecified atom stereocenters. The van der Waals surface area contributed by atoms with Crippen LogP contribution in [0, 0.1) is 6.92 Å². The molecule has 1 aromatic rings. The molecule has 0 aliphatic heterocycles. The number of hydrogen-bond donors (Lipinski definition) is 1. The van der Waals surface area contributed by atoms with Gasteiger partial charge in [-0.2, -0.15) is 0 Å². The zero-order valence-corrected chi connectivity index (χ0v) is 10.3. The Balaban J connectivity index is 2.98. The molecule has 0 aliphatic carbocycles. The predicted octanol–water partition coefficient (Wildman–Crippen LogP) is 3.59. The van der Waals surface area contributed by atoms with Crippen molar-refractivity contribution < 1.29 is 0 Å². The van der Waals surface area contributed by atoms with E-state index in [1.807, 2.05) is 6.08 Å². The smallest absolute Gasteiger partial charge is 0.0506 e. The summed E-state index contributed by atoms with van der Waals surface area (Å²) >= 11 is 3.46. The number of aryl methyl sites for hydroxylation is 1. The number of nitrogens with one attached hydrogen (secondary N) is 1.